The number of hydrogen-bond donors (Lipinski definition) is 2. The van der Waals surface area contributed by atoms with Gasteiger partial charge in [-0.25, -0.2) is 15.0 Å². The fourth-order valence-corrected chi connectivity index (χ4v) is 6.77. The van der Waals surface area contributed by atoms with Gasteiger partial charge in [0, 0.05) is 86.8 Å². The Bertz CT molecular complexity index is 1970. The molecule has 4 heterocycles. The van der Waals surface area contributed by atoms with Gasteiger partial charge in [0.15, 0.2) is 4.96 Å². The van der Waals surface area contributed by atoms with Crippen LogP contribution in [0.2, 0.25) is 0 Å². The highest BCUT2D eigenvalue weighted by Gasteiger charge is 2.20. The molecule has 1 aliphatic rings. The predicted molar refractivity (Wildman–Crippen MR) is 193 cm³/mol. The molecule has 0 aliphatic carbocycles. The number of benzene rings is 3. The average molecular weight is 659 g/mol. The number of methoxy groups -OCH3 is 1. The van der Waals surface area contributed by atoms with Crippen LogP contribution in [0.3, 0.4) is 0 Å². The minimum Gasteiger partial charge on any atom is -0.385 e. The van der Waals surface area contributed by atoms with E-state index >= 15 is 0 Å². The Morgan fingerprint density at radius 2 is 1.75 bits per heavy atom. The average Bonchev–Trinajstić information content (AvgIpc) is 3.72. The van der Waals surface area contributed by atoms with E-state index in [1.807, 2.05) is 72.2 Å². The van der Waals surface area contributed by atoms with E-state index in [9.17, 15) is 4.79 Å². The Kier molecular flexibility index (Phi) is 9.69. The van der Waals surface area contributed by atoms with Crippen LogP contribution in [-0.2, 0) is 16.0 Å². The lowest BCUT2D eigenvalue weighted by atomic mass is 10.1. The van der Waals surface area contributed by atoms with E-state index in [1.54, 1.807) is 24.6 Å². The molecule has 244 valence electrons. The van der Waals surface area contributed by atoms with E-state index in [0.29, 0.717) is 18.1 Å². The third-order valence-electron chi connectivity index (χ3n) is 8.47. The zero-order valence-electron chi connectivity index (χ0n) is 26.9. The molecule has 0 spiro atoms. The molecule has 6 aromatic rings. The zero-order valence-corrected chi connectivity index (χ0v) is 27.7. The fraction of sp³-hybridized carbons (Fsp3) is 0.243. The van der Waals surface area contributed by atoms with Crippen LogP contribution in [0.25, 0.3) is 27.6 Å². The highest BCUT2D eigenvalue weighted by molar-refractivity contribution is 7.15. The van der Waals surface area contributed by atoms with Crippen LogP contribution in [0.5, 0.6) is 0 Å². The number of amides is 1. The number of fused-ring (bicyclic) bond motifs is 1. The number of anilines is 4. The Hall–Kier alpha value is -5.10. The topological polar surface area (TPSA) is 99.9 Å². The number of carbonyl (C=O) groups excluding carboxylic acids is 1. The molecule has 1 saturated heterocycles. The smallest absolute Gasteiger partial charge is 0.228 e. The van der Waals surface area contributed by atoms with Crippen molar-refractivity contribution in [2.24, 2.45) is 0 Å². The summed E-state index contributed by atoms with van der Waals surface area (Å²) in [6, 6.07) is 27.9. The summed E-state index contributed by atoms with van der Waals surface area (Å²) in [4.78, 5) is 33.0. The number of nitrogens with zero attached hydrogens (tertiary/aromatic N) is 6. The van der Waals surface area contributed by atoms with Crippen LogP contribution < -0.4 is 15.5 Å². The number of carbonyl (C=O) groups is 1. The quantitative estimate of drug-likeness (QED) is 0.142. The summed E-state index contributed by atoms with van der Waals surface area (Å²) in [6.07, 6.45) is 5.15. The normalized spacial score (nSPS) is 13.6. The van der Waals surface area contributed by atoms with Crippen LogP contribution in [0, 0.1) is 0 Å². The molecule has 3 aromatic heterocycles. The first-order valence-corrected chi connectivity index (χ1v) is 17.1. The number of ether oxygens (including phenoxy) is 1. The summed E-state index contributed by atoms with van der Waals surface area (Å²) in [5.41, 5.74) is 7.10. The summed E-state index contributed by atoms with van der Waals surface area (Å²) in [5, 5.41) is 8.45. The molecule has 0 bridgehead atoms. The Morgan fingerprint density at radius 1 is 0.917 bits per heavy atom. The van der Waals surface area contributed by atoms with E-state index < -0.39 is 0 Å². The van der Waals surface area contributed by atoms with Crippen molar-refractivity contribution in [1.29, 1.82) is 0 Å². The molecule has 0 saturated carbocycles. The lowest BCUT2D eigenvalue weighted by Crippen LogP contribution is -2.46. The van der Waals surface area contributed by atoms with Gasteiger partial charge in [-0.15, -0.1) is 11.3 Å². The van der Waals surface area contributed by atoms with Crippen molar-refractivity contribution in [3.63, 3.8) is 0 Å². The minimum absolute atomic E-state index is 0.0692. The number of thiazole rings is 1. The highest BCUT2D eigenvalue weighted by atomic mass is 32.1. The number of rotatable bonds is 12. The predicted octanol–water partition coefficient (Wildman–Crippen LogP) is 6.60. The second-order valence-corrected chi connectivity index (χ2v) is 12.6. The monoisotopic (exact) mass is 658 g/mol. The summed E-state index contributed by atoms with van der Waals surface area (Å²) in [7, 11) is 1.76. The Labute approximate surface area is 284 Å². The molecular formula is C37H38N8O2S. The Balaban J connectivity index is 1.06. The van der Waals surface area contributed by atoms with E-state index in [-0.39, 0.29) is 5.91 Å². The highest BCUT2D eigenvalue weighted by Crippen LogP contribution is 2.35. The second kappa shape index (κ2) is 14.8. The molecule has 11 heteroatoms. The molecule has 1 amide bonds. The van der Waals surface area contributed by atoms with Crippen molar-refractivity contribution < 1.29 is 9.53 Å². The van der Waals surface area contributed by atoms with E-state index in [4.69, 9.17) is 14.7 Å². The SMILES string of the molecule is COCCCN1CCN(c2ccc(Nc3nccc(-c4c(-c5cccc(NC(=O)Cc6ccccc6)c5)nc5sccn45)n3)cc2)CC1. The third kappa shape index (κ3) is 7.38. The number of aromatic nitrogens is 4. The number of nitrogens with one attached hydrogen (secondary N) is 2. The maximum absolute atomic E-state index is 12.8. The molecule has 1 aliphatic heterocycles. The Morgan fingerprint density at radius 3 is 2.56 bits per heavy atom. The van der Waals surface area contributed by atoms with Crippen LogP contribution in [0.15, 0.2) is 103 Å². The van der Waals surface area contributed by atoms with Gasteiger partial charge in [-0.2, -0.15) is 0 Å². The van der Waals surface area contributed by atoms with Gasteiger partial charge in [0.05, 0.1) is 17.8 Å². The first-order valence-electron chi connectivity index (χ1n) is 16.2. The number of hydrogen-bond acceptors (Lipinski definition) is 9. The van der Waals surface area contributed by atoms with Gasteiger partial charge in [-0.1, -0.05) is 42.5 Å². The first kappa shape index (κ1) is 31.5. The lowest BCUT2D eigenvalue weighted by Gasteiger charge is -2.36. The van der Waals surface area contributed by atoms with Crippen LogP contribution in [0.4, 0.5) is 23.0 Å². The van der Waals surface area contributed by atoms with Crippen LogP contribution >= 0.6 is 11.3 Å². The van der Waals surface area contributed by atoms with Crippen molar-refractivity contribution in [1.82, 2.24) is 24.3 Å². The van der Waals surface area contributed by atoms with Gasteiger partial charge in [0.1, 0.15) is 5.69 Å². The fourth-order valence-electron chi connectivity index (χ4n) is 6.06. The van der Waals surface area contributed by atoms with Crippen LogP contribution in [0.1, 0.15) is 12.0 Å². The van der Waals surface area contributed by atoms with Gasteiger partial charge in [-0.3, -0.25) is 14.1 Å². The molecule has 48 heavy (non-hydrogen) atoms. The minimum atomic E-state index is -0.0692. The van der Waals surface area contributed by atoms with Crippen molar-refractivity contribution in [2.75, 3.05) is 62.0 Å². The van der Waals surface area contributed by atoms with Crippen molar-refractivity contribution in [2.45, 2.75) is 12.8 Å². The molecule has 10 nitrogen and oxygen atoms in total. The maximum Gasteiger partial charge on any atom is 0.228 e. The zero-order chi connectivity index (χ0) is 32.7. The van der Waals surface area contributed by atoms with E-state index in [0.717, 1.165) is 84.6 Å². The first-order chi connectivity index (χ1) is 23.6. The molecule has 7 rings (SSSR count). The summed E-state index contributed by atoms with van der Waals surface area (Å²) < 4.78 is 7.26. The molecule has 1 fully saturated rings. The van der Waals surface area contributed by atoms with Gasteiger partial charge < -0.3 is 20.3 Å². The second-order valence-electron chi connectivity index (χ2n) is 11.8. The molecule has 0 atom stereocenters. The van der Waals surface area contributed by atoms with Gasteiger partial charge in [0.2, 0.25) is 11.9 Å². The number of piperazine rings is 1. The van der Waals surface area contributed by atoms with Crippen molar-refractivity contribution in [3.05, 3.63) is 108 Å². The van der Waals surface area contributed by atoms with Crippen LogP contribution in [-0.4, -0.2) is 76.6 Å². The largest absolute Gasteiger partial charge is 0.385 e. The lowest BCUT2D eigenvalue weighted by molar-refractivity contribution is -0.115. The van der Waals surface area contributed by atoms with Gasteiger partial charge in [0.25, 0.3) is 0 Å². The van der Waals surface area contributed by atoms with Gasteiger partial charge in [-0.05, 0) is 54.4 Å². The van der Waals surface area contributed by atoms with E-state index in [2.05, 4.69) is 54.1 Å². The summed E-state index contributed by atoms with van der Waals surface area (Å²) in [5.74, 6) is 0.434. The number of imidazole rings is 1. The van der Waals surface area contributed by atoms with Gasteiger partial charge >= 0.3 is 0 Å². The summed E-state index contributed by atoms with van der Waals surface area (Å²) in [6.45, 7) is 6.05. The molecule has 2 N–H and O–H groups in total. The molecular weight excluding hydrogens is 621 g/mol. The third-order valence-corrected chi connectivity index (χ3v) is 9.23. The van der Waals surface area contributed by atoms with Crippen molar-refractivity contribution >= 4 is 45.2 Å². The molecule has 3 aromatic carbocycles. The summed E-state index contributed by atoms with van der Waals surface area (Å²) >= 11 is 1.56. The van der Waals surface area contributed by atoms with E-state index in [1.165, 1.54) is 5.69 Å². The molecule has 0 unspecified atom stereocenters. The standard InChI is InChI=1S/C37H38N8O2S/c1-47-23-6-17-43-18-20-44(21-19-43)31-13-11-29(12-14-31)40-36-38-16-15-32(41-36)35-34(42-37-45(35)22-24-48-37)28-9-5-10-30(26-28)39-33(46)25-27-7-3-2-4-8-27/h2-5,7-16,22,24,26H,6,17-21,23,25H2,1H3,(H,39,46)(H,38,40,41). The molecule has 0 radical (unpaired) electrons. The van der Waals surface area contributed by atoms with Crippen molar-refractivity contribution in [3.8, 4) is 22.6 Å². The maximum atomic E-state index is 12.8.